The van der Waals surface area contributed by atoms with Crippen molar-refractivity contribution in [3.8, 4) is 0 Å². The molecule has 0 N–H and O–H groups in total. The average molecular weight is 323 g/mol. The second kappa shape index (κ2) is 5.71. The summed E-state index contributed by atoms with van der Waals surface area (Å²) in [6, 6.07) is 0. The molecule has 3 heterocycles. The maximum absolute atomic E-state index is 5.29. The van der Waals surface area contributed by atoms with Crippen LogP contribution in [0.4, 0.5) is 0 Å². The van der Waals surface area contributed by atoms with Crippen LogP contribution in [0.25, 0.3) is 0 Å². The molecule has 4 fully saturated rings. The standard InChI is InChI=1S/C10H19NO.C10H19N/c1-9(2,3)11-5-4-10(6-11)7-12-8-10;1-9(2,3)11-7-10(8-11)5-4-6-10/h4-8H2,1-3H3;4-8H2,1-3H3. The van der Waals surface area contributed by atoms with Gasteiger partial charge in [-0.3, -0.25) is 9.80 Å². The lowest BCUT2D eigenvalue weighted by Crippen LogP contribution is -2.64. The van der Waals surface area contributed by atoms with Gasteiger partial charge in [-0.05, 0) is 72.8 Å². The first kappa shape index (κ1) is 17.7. The fraction of sp³-hybridized carbons (Fsp3) is 1.00. The summed E-state index contributed by atoms with van der Waals surface area (Å²) in [7, 11) is 0. The van der Waals surface area contributed by atoms with Gasteiger partial charge in [-0.25, -0.2) is 0 Å². The maximum atomic E-state index is 5.29. The van der Waals surface area contributed by atoms with Crippen LogP contribution in [0.3, 0.4) is 0 Å². The van der Waals surface area contributed by atoms with E-state index in [1.165, 1.54) is 51.9 Å². The summed E-state index contributed by atoms with van der Waals surface area (Å²) in [5.41, 5.74) is 2.11. The number of hydrogen-bond donors (Lipinski definition) is 0. The molecule has 0 amide bonds. The molecule has 0 aromatic rings. The van der Waals surface area contributed by atoms with Crippen molar-refractivity contribution >= 4 is 0 Å². The third-order valence-corrected chi connectivity index (χ3v) is 6.62. The van der Waals surface area contributed by atoms with Gasteiger partial charge in [0.15, 0.2) is 0 Å². The van der Waals surface area contributed by atoms with Gasteiger partial charge in [0, 0.05) is 36.1 Å². The van der Waals surface area contributed by atoms with Crippen LogP contribution in [0.15, 0.2) is 0 Å². The fourth-order valence-corrected chi connectivity index (χ4v) is 4.36. The minimum Gasteiger partial charge on any atom is -0.380 e. The highest BCUT2D eigenvalue weighted by molar-refractivity contribution is 5.03. The molecular weight excluding hydrogens is 284 g/mol. The first-order valence-electron chi connectivity index (χ1n) is 9.62. The highest BCUT2D eigenvalue weighted by Crippen LogP contribution is 2.50. The quantitative estimate of drug-likeness (QED) is 0.675. The lowest BCUT2D eigenvalue weighted by atomic mass is 9.62. The SMILES string of the molecule is CC(C)(C)N1CC2(CCC2)C1.CC(C)(C)N1CCC2(COC2)C1. The minimum absolute atomic E-state index is 0.346. The Morgan fingerprint density at radius 1 is 0.696 bits per heavy atom. The van der Waals surface area contributed by atoms with Crippen molar-refractivity contribution in [2.75, 3.05) is 39.4 Å². The average Bonchev–Trinajstić information content (AvgIpc) is 2.67. The molecule has 0 atom stereocenters. The summed E-state index contributed by atoms with van der Waals surface area (Å²) in [6.07, 6.45) is 5.82. The van der Waals surface area contributed by atoms with Crippen LogP contribution in [-0.4, -0.2) is 60.3 Å². The molecule has 0 radical (unpaired) electrons. The third-order valence-electron chi connectivity index (χ3n) is 6.62. The molecule has 4 rings (SSSR count). The van der Waals surface area contributed by atoms with E-state index in [4.69, 9.17) is 4.74 Å². The first-order valence-corrected chi connectivity index (χ1v) is 9.62. The maximum Gasteiger partial charge on any atom is 0.0557 e. The second-order valence-corrected chi connectivity index (χ2v) is 10.7. The van der Waals surface area contributed by atoms with Crippen molar-refractivity contribution in [2.45, 2.75) is 78.3 Å². The van der Waals surface area contributed by atoms with Gasteiger partial charge < -0.3 is 4.74 Å². The van der Waals surface area contributed by atoms with E-state index in [1.807, 2.05) is 0 Å². The molecule has 3 nitrogen and oxygen atoms in total. The van der Waals surface area contributed by atoms with Gasteiger partial charge in [-0.1, -0.05) is 6.42 Å². The normalized spacial score (nSPS) is 29.5. The van der Waals surface area contributed by atoms with Crippen LogP contribution >= 0.6 is 0 Å². The van der Waals surface area contributed by atoms with Gasteiger partial charge in [0.05, 0.1) is 13.2 Å². The lowest BCUT2D eigenvalue weighted by Gasteiger charge is -2.60. The molecule has 0 bridgehead atoms. The van der Waals surface area contributed by atoms with Crippen molar-refractivity contribution in [3.05, 3.63) is 0 Å². The van der Waals surface area contributed by atoms with Gasteiger partial charge in [0.2, 0.25) is 0 Å². The Balaban J connectivity index is 0.000000136. The van der Waals surface area contributed by atoms with E-state index in [2.05, 4.69) is 51.3 Å². The monoisotopic (exact) mass is 322 g/mol. The minimum atomic E-state index is 0.346. The molecule has 0 aromatic heterocycles. The van der Waals surface area contributed by atoms with Crippen LogP contribution in [-0.2, 0) is 4.74 Å². The van der Waals surface area contributed by atoms with Crippen molar-refractivity contribution in [1.29, 1.82) is 0 Å². The number of ether oxygens (including phenoxy) is 1. The smallest absolute Gasteiger partial charge is 0.0557 e. The molecule has 3 heteroatoms. The van der Waals surface area contributed by atoms with E-state index in [0.29, 0.717) is 16.5 Å². The predicted octanol–water partition coefficient (Wildman–Crippen LogP) is 3.78. The Bertz CT molecular complexity index is 416. The molecule has 0 unspecified atom stereocenters. The molecule has 23 heavy (non-hydrogen) atoms. The summed E-state index contributed by atoms with van der Waals surface area (Å²) in [4.78, 5) is 5.18. The zero-order valence-electron chi connectivity index (χ0n) is 16.4. The van der Waals surface area contributed by atoms with E-state index in [1.54, 1.807) is 0 Å². The lowest BCUT2D eigenvalue weighted by molar-refractivity contribution is -0.107. The van der Waals surface area contributed by atoms with Crippen molar-refractivity contribution in [3.63, 3.8) is 0 Å². The van der Waals surface area contributed by atoms with Crippen LogP contribution in [0.1, 0.15) is 67.2 Å². The van der Waals surface area contributed by atoms with Crippen molar-refractivity contribution in [2.24, 2.45) is 10.8 Å². The van der Waals surface area contributed by atoms with E-state index in [-0.39, 0.29) is 0 Å². The highest BCUT2D eigenvalue weighted by atomic mass is 16.5. The summed E-state index contributed by atoms with van der Waals surface area (Å²) in [5, 5.41) is 0. The molecule has 3 aliphatic heterocycles. The fourth-order valence-electron chi connectivity index (χ4n) is 4.36. The topological polar surface area (TPSA) is 15.7 Å². The molecule has 1 saturated carbocycles. The Morgan fingerprint density at radius 2 is 1.22 bits per heavy atom. The molecule has 2 spiro atoms. The largest absolute Gasteiger partial charge is 0.380 e. The highest BCUT2D eigenvalue weighted by Gasteiger charge is 2.50. The molecule has 4 aliphatic rings. The molecule has 1 aliphatic carbocycles. The van der Waals surface area contributed by atoms with E-state index in [0.717, 1.165) is 18.6 Å². The van der Waals surface area contributed by atoms with Gasteiger partial charge in [0.25, 0.3) is 0 Å². The summed E-state index contributed by atoms with van der Waals surface area (Å²) in [5.74, 6) is 0. The zero-order chi connectivity index (χ0) is 16.9. The van der Waals surface area contributed by atoms with E-state index >= 15 is 0 Å². The number of nitrogens with zero attached hydrogens (tertiary/aromatic N) is 2. The van der Waals surface area contributed by atoms with Crippen LogP contribution in [0.5, 0.6) is 0 Å². The van der Waals surface area contributed by atoms with Gasteiger partial charge in [-0.15, -0.1) is 0 Å². The predicted molar refractivity (Wildman–Crippen MR) is 96.8 cm³/mol. The van der Waals surface area contributed by atoms with Crippen molar-refractivity contribution in [1.82, 2.24) is 9.80 Å². The van der Waals surface area contributed by atoms with Crippen molar-refractivity contribution < 1.29 is 4.74 Å². The van der Waals surface area contributed by atoms with Gasteiger partial charge >= 0.3 is 0 Å². The number of hydrogen-bond acceptors (Lipinski definition) is 3. The van der Waals surface area contributed by atoms with Crippen LogP contribution in [0.2, 0.25) is 0 Å². The molecular formula is C20H38N2O. The molecule has 3 saturated heterocycles. The third kappa shape index (κ3) is 3.62. The van der Waals surface area contributed by atoms with E-state index in [9.17, 15) is 0 Å². The zero-order valence-corrected chi connectivity index (χ0v) is 16.4. The molecule has 134 valence electrons. The summed E-state index contributed by atoms with van der Waals surface area (Å²) < 4.78 is 5.29. The summed E-state index contributed by atoms with van der Waals surface area (Å²) in [6.45, 7) is 21.1. The number of likely N-dealkylation sites (tertiary alicyclic amines) is 2. The van der Waals surface area contributed by atoms with E-state index < -0.39 is 0 Å². The summed E-state index contributed by atoms with van der Waals surface area (Å²) >= 11 is 0. The van der Waals surface area contributed by atoms with Crippen LogP contribution in [0, 0.1) is 10.8 Å². The van der Waals surface area contributed by atoms with Gasteiger partial charge in [0.1, 0.15) is 0 Å². The second-order valence-electron chi connectivity index (χ2n) is 10.7. The Morgan fingerprint density at radius 3 is 1.48 bits per heavy atom. The number of rotatable bonds is 0. The Kier molecular flexibility index (Phi) is 4.39. The Hall–Kier alpha value is -0.120. The van der Waals surface area contributed by atoms with Crippen LogP contribution < -0.4 is 0 Å². The Labute approximate surface area is 143 Å². The first-order chi connectivity index (χ1) is 10.5. The molecule has 0 aromatic carbocycles. The van der Waals surface area contributed by atoms with Gasteiger partial charge in [-0.2, -0.15) is 0 Å².